The molecule has 2 N–H and O–H groups in total. The number of carbonyl (C=O) groups excluding carboxylic acids is 1. The molecule has 5 nitrogen and oxygen atoms in total. The fourth-order valence-electron chi connectivity index (χ4n) is 2.95. The molecule has 30 heavy (non-hydrogen) atoms. The molecular formula is C25H32N4O. The molecule has 0 unspecified atom stereocenters. The van der Waals surface area contributed by atoms with E-state index in [1.54, 1.807) is 13.1 Å². The Morgan fingerprint density at radius 2 is 1.93 bits per heavy atom. The second-order valence-electron chi connectivity index (χ2n) is 7.20. The molecule has 1 aromatic rings. The van der Waals surface area contributed by atoms with Crippen LogP contribution in [0.15, 0.2) is 81.5 Å². The molecule has 1 aliphatic rings. The average Bonchev–Trinajstić information content (AvgIpc) is 2.95. The number of aryl methyl sites for hydroxylation is 1. The van der Waals surface area contributed by atoms with Gasteiger partial charge in [0.15, 0.2) is 11.6 Å². The first-order chi connectivity index (χ1) is 14.4. The van der Waals surface area contributed by atoms with Crippen LogP contribution in [0.2, 0.25) is 0 Å². The summed E-state index contributed by atoms with van der Waals surface area (Å²) in [5.74, 6) is 1.41. The zero-order valence-electron chi connectivity index (χ0n) is 18.6. The number of hydrogen-bond acceptors (Lipinski definition) is 3. The molecule has 0 saturated heterocycles. The molecule has 0 atom stereocenters. The highest BCUT2D eigenvalue weighted by Crippen LogP contribution is 2.14. The van der Waals surface area contributed by atoms with Gasteiger partial charge >= 0.3 is 0 Å². The number of nitrogens with zero attached hydrogens (tertiary/aromatic N) is 2. The third-order valence-electron chi connectivity index (χ3n) is 4.69. The molecule has 0 saturated carbocycles. The van der Waals surface area contributed by atoms with E-state index in [0.29, 0.717) is 24.6 Å². The van der Waals surface area contributed by atoms with E-state index in [0.717, 1.165) is 28.9 Å². The van der Waals surface area contributed by atoms with Crippen molar-refractivity contribution in [3.05, 3.63) is 77.1 Å². The number of carbonyl (C=O) groups is 1. The van der Waals surface area contributed by atoms with Gasteiger partial charge in [0.25, 0.3) is 0 Å². The van der Waals surface area contributed by atoms with Gasteiger partial charge in [0.05, 0.1) is 6.54 Å². The molecule has 0 aliphatic heterocycles. The first-order valence-electron chi connectivity index (χ1n) is 10.3. The highest BCUT2D eigenvalue weighted by atomic mass is 16.1. The summed E-state index contributed by atoms with van der Waals surface area (Å²) in [4.78, 5) is 21.1. The topological polar surface area (TPSA) is 65.8 Å². The summed E-state index contributed by atoms with van der Waals surface area (Å²) in [6.07, 6.45) is 11.3. The van der Waals surface area contributed by atoms with Crippen molar-refractivity contribution in [3.63, 3.8) is 0 Å². The molecule has 1 aromatic carbocycles. The number of nitrogens with one attached hydrogen (secondary N) is 2. The van der Waals surface area contributed by atoms with Crippen molar-refractivity contribution in [3.8, 4) is 0 Å². The predicted molar refractivity (Wildman–Crippen MR) is 128 cm³/mol. The fraction of sp³-hybridized carbons (Fsp3) is 0.320. The number of ketones is 1. The number of allylic oxidation sites excluding steroid dienone is 5. The summed E-state index contributed by atoms with van der Waals surface area (Å²) in [5, 5.41) is 6.68. The third-order valence-corrected chi connectivity index (χ3v) is 4.69. The van der Waals surface area contributed by atoms with Crippen LogP contribution in [0.25, 0.3) is 0 Å². The van der Waals surface area contributed by atoms with Crippen molar-refractivity contribution < 1.29 is 4.79 Å². The fourth-order valence-corrected chi connectivity index (χ4v) is 2.95. The summed E-state index contributed by atoms with van der Waals surface area (Å²) in [6.45, 7) is 8.36. The van der Waals surface area contributed by atoms with E-state index in [1.165, 1.54) is 5.57 Å². The molecule has 0 spiro atoms. The molecule has 0 radical (unpaired) electrons. The Labute approximate surface area is 180 Å². The van der Waals surface area contributed by atoms with Crippen molar-refractivity contribution in [1.82, 2.24) is 5.32 Å². The first kappa shape index (κ1) is 23.1. The van der Waals surface area contributed by atoms with Crippen LogP contribution in [0.1, 0.15) is 39.2 Å². The maximum Gasteiger partial charge on any atom is 0.157 e. The van der Waals surface area contributed by atoms with Crippen LogP contribution in [0, 0.1) is 6.92 Å². The van der Waals surface area contributed by atoms with Crippen molar-refractivity contribution >= 4 is 23.1 Å². The molecule has 0 fully saturated rings. The van der Waals surface area contributed by atoms with Gasteiger partial charge in [0.1, 0.15) is 5.84 Å². The zero-order valence-corrected chi connectivity index (χ0v) is 18.6. The van der Waals surface area contributed by atoms with Gasteiger partial charge in [-0.2, -0.15) is 0 Å². The number of hydrogen-bond donors (Lipinski definition) is 2. The van der Waals surface area contributed by atoms with Crippen LogP contribution < -0.4 is 10.6 Å². The highest BCUT2D eigenvalue weighted by molar-refractivity contribution is 6.07. The van der Waals surface area contributed by atoms with Crippen molar-refractivity contribution in [2.24, 2.45) is 9.98 Å². The zero-order chi connectivity index (χ0) is 21.9. The quantitative estimate of drug-likeness (QED) is 0.376. The minimum atomic E-state index is 0.0669. The van der Waals surface area contributed by atoms with Gasteiger partial charge < -0.3 is 10.6 Å². The maximum atomic E-state index is 12.0. The van der Waals surface area contributed by atoms with E-state index in [-0.39, 0.29) is 5.78 Å². The van der Waals surface area contributed by atoms with Crippen LogP contribution in [0.4, 0.5) is 5.69 Å². The van der Waals surface area contributed by atoms with Gasteiger partial charge in [0.2, 0.25) is 0 Å². The minimum Gasteiger partial charge on any atom is -0.379 e. The summed E-state index contributed by atoms with van der Waals surface area (Å²) in [7, 11) is 1.74. The summed E-state index contributed by atoms with van der Waals surface area (Å²) < 4.78 is 0. The first-order valence-corrected chi connectivity index (χ1v) is 10.3. The van der Waals surface area contributed by atoms with Crippen molar-refractivity contribution in [2.45, 2.75) is 40.5 Å². The second-order valence-corrected chi connectivity index (χ2v) is 7.20. The number of benzene rings is 1. The SMILES string of the molecule is CCC(=O)/C=C(/CNc1ccccc1C)NC(C)=NC(=NC)C1=CCC=C(C)C=C1. The van der Waals surface area contributed by atoms with Crippen molar-refractivity contribution in [2.75, 3.05) is 18.9 Å². The van der Waals surface area contributed by atoms with E-state index in [4.69, 9.17) is 0 Å². The normalized spacial score (nSPS) is 15.3. The Morgan fingerprint density at radius 3 is 2.63 bits per heavy atom. The molecule has 1 aliphatic carbocycles. The molecule has 0 bridgehead atoms. The summed E-state index contributed by atoms with van der Waals surface area (Å²) in [6, 6.07) is 8.08. The number of amidine groups is 2. The molecular weight excluding hydrogens is 372 g/mol. The number of rotatable bonds is 7. The predicted octanol–water partition coefficient (Wildman–Crippen LogP) is 5.14. The highest BCUT2D eigenvalue weighted by Gasteiger charge is 2.07. The van der Waals surface area contributed by atoms with Crippen LogP contribution in [-0.2, 0) is 4.79 Å². The Hall–Kier alpha value is -3.21. The van der Waals surface area contributed by atoms with Crippen molar-refractivity contribution in [1.29, 1.82) is 0 Å². The molecule has 158 valence electrons. The lowest BCUT2D eigenvalue weighted by molar-refractivity contribution is -0.114. The van der Waals surface area contributed by atoms with E-state index >= 15 is 0 Å². The molecule has 0 heterocycles. The lowest BCUT2D eigenvalue weighted by Crippen LogP contribution is -2.26. The monoisotopic (exact) mass is 404 g/mol. The summed E-state index contributed by atoms with van der Waals surface area (Å²) >= 11 is 0. The largest absolute Gasteiger partial charge is 0.379 e. The Balaban J connectivity index is 2.16. The molecule has 0 amide bonds. The van der Waals surface area contributed by atoms with Crippen LogP contribution in [0.5, 0.6) is 0 Å². The summed E-state index contributed by atoms with van der Waals surface area (Å²) in [5.41, 5.74) is 5.17. The Kier molecular flexibility index (Phi) is 9.01. The third kappa shape index (κ3) is 7.32. The average molecular weight is 405 g/mol. The van der Waals surface area contributed by atoms with Gasteiger partial charge in [-0.1, -0.05) is 55.0 Å². The smallest absolute Gasteiger partial charge is 0.157 e. The van der Waals surface area contributed by atoms with Gasteiger partial charge in [-0.15, -0.1) is 0 Å². The number of aliphatic imine (C=N–C) groups is 2. The number of para-hydroxylation sites is 1. The van der Waals surface area contributed by atoms with E-state index < -0.39 is 0 Å². The van der Waals surface area contributed by atoms with Crippen LogP contribution in [-0.4, -0.2) is 31.0 Å². The Bertz CT molecular complexity index is 946. The van der Waals surface area contributed by atoms with Crippen LogP contribution in [0.3, 0.4) is 0 Å². The van der Waals surface area contributed by atoms with Gasteiger partial charge in [-0.3, -0.25) is 9.79 Å². The van der Waals surface area contributed by atoms with E-state index in [1.807, 2.05) is 38.1 Å². The number of anilines is 1. The lowest BCUT2D eigenvalue weighted by atomic mass is 10.2. The molecule has 0 aromatic heterocycles. The van der Waals surface area contributed by atoms with Gasteiger partial charge in [-0.05, 0) is 38.8 Å². The van der Waals surface area contributed by atoms with E-state index in [9.17, 15) is 4.79 Å². The molecule has 5 heteroatoms. The lowest BCUT2D eigenvalue weighted by Gasteiger charge is -2.14. The molecule has 2 rings (SSSR count). The van der Waals surface area contributed by atoms with Gasteiger partial charge in [-0.25, -0.2) is 4.99 Å². The van der Waals surface area contributed by atoms with Crippen LogP contribution >= 0.6 is 0 Å². The van der Waals surface area contributed by atoms with Gasteiger partial charge in [0, 0.05) is 36.5 Å². The standard InChI is InChI=1S/C25H32N4O/c1-6-23(30)16-22(17-27-24-13-8-7-11-19(24)3)28-20(4)29-25(26-5)21-12-9-10-18(2)14-15-21/h7-8,10-16,27H,6,9,17H2,1-5H3,(H,26,28,29)/b22-16-. The Morgan fingerprint density at radius 1 is 1.17 bits per heavy atom. The minimum absolute atomic E-state index is 0.0669. The maximum absolute atomic E-state index is 12.0. The second kappa shape index (κ2) is 11.7. The van der Waals surface area contributed by atoms with E-state index in [2.05, 4.69) is 58.8 Å².